The van der Waals surface area contributed by atoms with Crippen LogP contribution in [0.25, 0.3) is 0 Å². The van der Waals surface area contributed by atoms with Crippen LogP contribution in [0.4, 0.5) is 0 Å². The summed E-state index contributed by atoms with van der Waals surface area (Å²) in [6.45, 7) is 7.23. The summed E-state index contributed by atoms with van der Waals surface area (Å²) in [6, 6.07) is 4.45. The van der Waals surface area contributed by atoms with E-state index in [-0.39, 0.29) is 0 Å². The van der Waals surface area contributed by atoms with Crippen LogP contribution in [0.1, 0.15) is 110 Å². The Kier molecular flexibility index (Phi) is 17.7. The van der Waals surface area contributed by atoms with E-state index in [1.165, 1.54) is 108 Å². The molecular weight excluding hydrogens is 358 g/mol. The van der Waals surface area contributed by atoms with Gasteiger partial charge >= 0.3 is 0 Å². The molecule has 160 valence electrons. The third kappa shape index (κ3) is 15.2. The van der Waals surface area contributed by atoms with Gasteiger partial charge in [0.25, 0.3) is 0 Å². The van der Waals surface area contributed by atoms with Crippen molar-refractivity contribution in [3.05, 3.63) is 37.2 Å². The van der Waals surface area contributed by atoms with Crippen molar-refractivity contribution in [2.24, 2.45) is 0 Å². The van der Waals surface area contributed by atoms with E-state index in [1.807, 2.05) is 17.8 Å². The molecule has 0 amide bonds. The minimum Gasteiger partial charge on any atom is -0.205 e. The maximum absolute atomic E-state index is 3.77. The highest BCUT2D eigenvalue weighted by Crippen LogP contribution is 2.16. The molecule has 0 fully saturated rings. The molecular formula is C26H46NS+. The molecule has 28 heavy (non-hydrogen) atoms. The van der Waals surface area contributed by atoms with Crippen LogP contribution < -0.4 is 4.57 Å². The van der Waals surface area contributed by atoms with Crippen LogP contribution in [0.2, 0.25) is 0 Å². The highest BCUT2D eigenvalue weighted by Gasteiger charge is 2.01. The van der Waals surface area contributed by atoms with Crippen LogP contribution in [0.15, 0.2) is 42.1 Å². The van der Waals surface area contributed by atoms with E-state index in [0.717, 1.165) is 12.3 Å². The monoisotopic (exact) mass is 404 g/mol. The fraction of sp³-hybridized carbons (Fsp3) is 0.731. The van der Waals surface area contributed by atoms with Crippen molar-refractivity contribution >= 4 is 11.8 Å². The van der Waals surface area contributed by atoms with E-state index in [9.17, 15) is 0 Å². The third-order valence-electron chi connectivity index (χ3n) is 5.50. The predicted octanol–water partition coefficient (Wildman–Crippen LogP) is 8.51. The molecule has 0 radical (unpaired) electrons. The Hall–Kier alpha value is -0.760. The minimum atomic E-state index is 0.989. The average molecular weight is 405 g/mol. The van der Waals surface area contributed by atoms with Crippen molar-refractivity contribution in [1.82, 2.24) is 0 Å². The highest BCUT2D eigenvalue weighted by molar-refractivity contribution is 7.99. The molecule has 0 saturated heterocycles. The molecule has 0 aliphatic carbocycles. The third-order valence-corrected chi connectivity index (χ3v) is 6.51. The summed E-state index contributed by atoms with van der Waals surface area (Å²) in [5.41, 5.74) is 0. The molecule has 0 aromatic carbocycles. The normalized spacial score (nSPS) is 11.0. The van der Waals surface area contributed by atoms with Crippen molar-refractivity contribution in [1.29, 1.82) is 0 Å². The molecule has 1 heterocycles. The fourth-order valence-corrected chi connectivity index (χ4v) is 4.31. The Morgan fingerprint density at radius 2 is 1.14 bits per heavy atom. The number of hydrogen-bond donors (Lipinski definition) is 0. The first-order valence-corrected chi connectivity index (χ1v) is 13.1. The molecule has 0 N–H and O–H groups in total. The lowest BCUT2D eigenvalue weighted by Crippen LogP contribution is -2.32. The van der Waals surface area contributed by atoms with Gasteiger partial charge in [0, 0.05) is 29.2 Å². The Balaban J connectivity index is 1.81. The number of thioether (sulfide) groups is 1. The van der Waals surface area contributed by atoms with Crippen molar-refractivity contribution < 1.29 is 4.57 Å². The summed E-state index contributed by atoms with van der Waals surface area (Å²) < 4.78 is 2.32. The van der Waals surface area contributed by atoms with Crippen molar-refractivity contribution in [3.8, 4) is 0 Å². The topological polar surface area (TPSA) is 3.88 Å². The second-order valence-electron chi connectivity index (χ2n) is 8.17. The van der Waals surface area contributed by atoms with Gasteiger partial charge in [0.1, 0.15) is 6.54 Å². The van der Waals surface area contributed by atoms with Gasteiger partial charge in [-0.3, -0.25) is 0 Å². The quantitative estimate of drug-likeness (QED) is 0.0911. The van der Waals surface area contributed by atoms with Crippen LogP contribution in [0.3, 0.4) is 0 Å². The molecule has 0 spiro atoms. The van der Waals surface area contributed by atoms with E-state index in [2.05, 4.69) is 42.6 Å². The largest absolute Gasteiger partial charge is 0.205 e. The molecule has 1 aromatic heterocycles. The van der Waals surface area contributed by atoms with Crippen LogP contribution in [-0.4, -0.2) is 5.75 Å². The Labute approximate surface area is 180 Å². The maximum Gasteiger partial charge on any atom is 0.169 e. The summed E-state index contributed by atoms with van der Waals surface area (Å²) in [6.07, 6.45) is 29.3. The van der Waals surface area contributed by atoms with E-state index in [0.29, 0.717) is 0 Å². The van der Waals surface area contributed by atoms with Gasteiger partial charge in [-0.15, -0.1) is 18.3 Å². The van der Waals surface area contributed by atoms with Gasteiger partial charge in [-0.05, 0) is 6.42 Å². The summed E-state index contributed by atoms with van der Waals surface area (Å²) in [5, 5.41) is 0. The molecule has 0 aliphatic rings. The number of hydrogen-bond acceptors (Lipinski definition) is 1. The van der Waals surface area contributed by atoms with Gasteiger partial charge in [0.15, 0.2) is 12.4 Å². The number of aryl methyl sites for hydroxylation is 1. The Morgan fingerprint density at radius 1 is 0.714 bits per heavy atom. The van der Waals surface area contributed by atoms with Gasteiger partial charge in [-0.25, -0.2) is 4.57 Å². The van der Waals surface area contributed by atoms with Gasteiger partial charge in [0.05, 0.1) is 0 Å². The van der Waals surface area contributed by atoms with E-state index in [1.54, 1.807) is 0 Å². The van der Waals surface area contributed by atoms with Gasteiger partial charge in [-0.1, -0.05) is 103 Å². The summed E-state index contributed by atoms with van der Waals surface area (Å²) in [5.74, 6) is 0.989. The predicted molar refractivity (Wildman–Crippen MR) is 127 cm³/mol. The Bertz CT molecular complexity index is 454. The average Bonchev–Trinajstić information content (AvgIpc) is 2.73. The SMILES string of the molecule is C=CCSc1cc[n+](CCCCCCCCCCCCCCCCCC)cc1. The second kappa shape index (κ2) is 19.6. The lowest BCUT2D eigenvalue weighted by molar-refractivity contribution is -0.697. The van der Waals surface area contributed by atoms with Gasteiger partial charge < -0.3 is 0 Å². The maximum atomic E-state index is 3.77. The molecule has 0 bridgehead atoms. The summed E-state index contributed by atoms with van der Waals surface area (Å²) >= 11 is 1.85. The fourth-order valence-electron chi connectivity index (χ4n) is 3.69. The van der Waals surface area contributed by atoms with Crippen LogP contribution in [0, 0.1) is 0 Å². The smallest absolute Gasteiger partial charge is 0.169 e. The van der Waals surface area contributed by atoms with Crippen LogP contribution in [-0.2, 0) is 6.54 Å². The molecule has 1 aromatic rings. The zero-order valence-corrected chi connectivity index (χ0v) is 19.5. The van der Waals surface area contributed by atoms with Crippen LogP contribution >= 0.6 is 11.8 Å². The van der Waals surface area contributed by atoms with Gasteiger partial charge in [-0.2, -0.15) is 0 Å². The molecule has 0 atom stereocenters. The van der Waals surface area contributed by atoms with E-state index in [4.69, 9.17) is 0 Å². The standard InChI is InChI=1S/C26H46NS/c1-3-5-6-7-8-9-10-11-12-13-14-15-16-17-18-19-22-27-23-20-26(21-24-27)28-25-4-2/h4,20-21,23-24H,2-3,5-19,22,25H2,1H3/q+1. The summed E-state index contributed by atoms with van der Waals surface area (Å²) in [7, 11) is 0. The minimum absolute atomic E-state index is 0.989. The van der Waals surface area contributed by atoms with Crippen molar-refractivity contribution in [3.63, 3.8) is 0 Å². The zero-order valence-electron chi connectivity index (χ0n) is 18.7. The lowest BCUT2D eigenvalue weighted by atomic mass is 10.0. The van der Waals surface area contributed by atoms with Crippen LogP contribution in [0.5, 0.6) is 0 Å². The Morgan fingerprint density at radius 3 is 1.57 bits per heavy atom. The molecule has 0 saturated carbocycles. The molecule has 0 unspecified atom stereocenters. The van der Waals surface area contributed by atoms with Crippen molar-refractivity contribution in [2.45, 2.75) is 121 Å². The zero-order chi connectivity index (χ0) is 20.1. The van der Waals surface area contributed by atoms with E-state index < -0.39 is 0 Å². The lowest BCUT2D eigenvalue weighted by Gasteiger charge is -2.03. The number of unbranched alkanes of at least 4 members (excludes halogenated alkanes) is 15. The second-order valence-corrected chi connectivity index (χ2v) is 9.27. The number of pyridine rings is 1. The molecule has 2 heteroatoms. The molecule has 1 nitrogen and oxygen atoms in total. The first kappa shape index (κ1) is 25.3. The molecule has 0 aliphatic heterocycles. The molecule has 1 rings (SSSR count). The number of nitrogens with zero attached hydrogens (tertiary/aromatic N) is 1. The van der Waals surface area contributed by atoms with E-state index >= 15 is 0 Å². The number of rotatable bonds is 20. The van der Waals surface area contributed by atoms with Gasteiger partial charge in [0.2, 0.25) is 0 Å². The summed E-state index contributed by atoms with van der Waals surface area (Å²) in [4.78, 5) is 1.34. The highest BCUT2D eigenvalue weighted by atomic mass is 32.2. The first-order chi connectivity index (χ1) is 13.9. The van der Waals surface area contributed by atoms with Crippen molar-refractivity contribution in [2.75, 3.05) is 5.75 Å². The number of aromatic nitrogens is 1. The first-order valence-electron chi connectivity index (χ1n) is 12.1.